The van der Waals surface area contributed by atoms with Gasteiger partial charge in [-0.05, 0) is 36.3 Å². The first-order valence-corrected chi connectivity index (χ1v) is 7.27. The molecule has 1 saturated heterocycles. The Morgan fingerprint density at radius 1 is 1.44 bits per heavy atom. The third-order valence-corrected chi connectivity index (χ3v) is 4.11. The topological polar surface area (TPSA) is 42.2 Å². The molecule has 0 amide bonds. The van der Waals surface area contributed by atoms with E-state index >= 15 is 0 Å². The largest absolute Gasteiger partial charge is 0.493 e. The van der Waals surface area contributed by atoms with Crippen LogP contribution in [0.15, 0.2) is 18.2 Å². The van der Waals surface area contributed by atoms with Gasteiger partial charge in [-0.25, -0.2) is 0 Å². The molecule has 4 heteroatoms. The number of ether oxygens (including phenoxy) is 2. The van der Waals surface area contributed by atoms with Crippen molar-refractivity contribution in [1.29, 1.82) is 5.26 Å². The van der Waals surface area contributed by atoms with Crippen LogP contribution in [0.4, 0.5) is 0 Å². The van der Waals surface area contributed by atoms with Crippen LogP contribution >= 0.6 is 11.8 Å². The fourth-order valence-electron chi connectivity index (χ4n) is 1.99. The fraction of sp³-hybridized carbons (Fsp3) is 0.500. The predicted octanol–water partition coefficient (Wildman–Crippen LogP) is 3.04. The summed E-state index contributed by atoms with van der Waals surface area (Å²) < 4.78 is 11.3. The molecule has 1 aromatic rings. The minimum absolute atomic E-state index is 0.277. The van der Waals surface area contributed by atoms with Crippen molar-refractivity contribution in [2.45, 2.75) is 25.4 Å². The first-order chi connectivity index (χ1) is 8.83. The lowest BCUT2D eigenvalue weighted by Gasteiger charge is -2.23. The Hall–Kier alpha value is -1.34. The van der Waals surface area contributed by atoms with E-state index < -0.39 is 0 Å². The molecule has 1 aliphatic rings. The molecule has 1 atom stereocenters. The molecule has 96 valence electrons. The zero-order valence-corrected chi connectivity index (χ0v) is 11.3. The van der Waals surface area contributed by atoms with Gasteiger partial charge < -0.3 is 9.47 Å². The Bertz CT molecular complexity index is 436. The summed E-state index contributed by atoms with van der Waals surface area (Å²) in [6.45, 7) is 0. The predicted molar refractivity (Wildman–Crippen MR) is 73.3 cm³/mol. The van der Waals surface area contributed by atoms with E-state index in [-0.39, 0.29) is 6.10 Å². The van der Waals surface area contributed by atoms with Crippen LogP contribution in [0.1, 0.15) is 18.4 Å². The lowest BCUT2D eigenvalue weighted by atomic mass is 10.1. The molecule has 1 fully saturated rings. The molecule has 1 aromatic carbocycles. The number of benzene rings is 1. The molecule has 3 nitrogen and oxygen atoms in total. The van der Waals surface area contributed by atoms with Crippen LogP contribution in [-0.4, -0.2) is 24.7 Å². The zero-order valence-electron chi connectivity index (χ0n) is 10.5. The summed E-state index contributed by atoms with van der Waals surface area (Å²) in [5, 5.41) is 8.69. The Kier molecular flexibility index (Phi) is 4.77. The molecule has 0 N–H and O–H groups in total. The quantitative estimate of drug-likeness (QED) is 0.837. The van der Waals surface area contributed by atoms with Crippen molar-refractivity contribution >= 4 is 11.8 Å². The summed E-state index contributed by atoms with van der Waals surface area (Å²) in [6, 6.07) is 7.86. The van der Waals surface area contributed by atoms with Gasteiger partial charge in [-0.1, -0.05) is 6.07 Å². The second kappa shape index (κ2) is 6.55. The molecular weight excluding hydrogens is 246 g/mol. The molecule has 1 unspecified atom stereocenters. The van der Waals surface area contributed by atoms with Gasteiger partial charge in [0.15, 0.2) is 11.5 Å². The van der Waals surface area contributed by atoms with Gasteiger partial charge in [0.1, 0.15) is 6.10 Å². The smallest absolute Gasteiger partial charge is 0.161 e. The van der Waals surface area contributed by atoms with Crippen molar-refractivity contribution in [1.82, 2.24) is 0 Å². The summed E-state index contributed by atoms with van der Waals surface area (Å²) in [5.41, 5.74) is 0.958. The first-order valence-electron chi connectivity index (χ1n) is 6.11. The van der Waals surface area contributed by atoms with E-state index in [0.717, 1.165) is 29.2 Å². The number of hydrogen-bond acceptors (Lipinski definition) is 4. The van der Waals surface area contributed by atoms with Crippen molar-refractivity contribution in [3.63, 3.8) is 0 Å². The maximum absolute atomic E-state index is 8.69. The van der Waals surface area contributed by atoms with Gasteiger partial charge >= 0.3 is 0 Å². The van der Waals surface area contributed by atoms with Crippen LogP contribution in [0.3, 0.4) is 0 Å². The van der Waals surface area contributed by atoms with Crippen molar-refractivity contribution in [2.24, 2.45) is 0 Å². The molecule has 0 spiro atoms. The van der Waals surface area contributed by atoms with Crippen LogP contribution < -0.4 is 9.47 Å². The van der Waals surface area contributed by atoms with Gasteiger partial charge in [-0.15, -0.1) is 0 Å². The van der Waals surface area contributed by atoms with Gasteiger partial charge in [0.25, 0.3) is 0 Å². The highest BCUT2D eigenvalue weighted by atomic mass is 32.2. The second-order valence-electron chi connectivity index (χ2n) is 4.28. The van der Waals surface area contributed by atoms with Gasteiger partial charge in [0, 0.05) is 5.75 Å². The fourth-order valence-corrected chi connectivity index (χ4v) is 3.03. The Morgan fingerprint density at radius 2 is 2.33 bits per heavy atom. The molecule has 18 heavy (non-hydrogen) atoms. The summed E-state index contributed by atoms with van der Waals surface area (Å²) >= 11 is 1.94. The van der Waals surface area contributed by atoms with Crippen LogP contribution in [0.25, 0.3) is 0 Å². The van der Waals surface area contributed by atoms with Gasteiger partial charge in [-0.2, -0.15) is 17.0 Å². The normalized spacial score (nSPS) is 19.0. The van der Waals surface area contributed by atoms with Gasteiger partial charge in [0.05, 0.1) is 19.6 Å². The molecule has 0 bridgehead atoms. The highest BCUT2D eigenvalue weighted by Gasteiger charge is 2.17. The lowest BCUT2D eigenvalue weighted by molar-refractivity contribution is 0.202. The molecule has 0 saturated carbocycles. The second-order valence-corrected chi connectivity index (χ2v) is 5.43. The average molecular weight is 263 g/mol. The van der Waals surface area contributed by atoms with Crippen LogP contribution in [-0.2, 0) is 6.42 Å². The van der Waals surface area contributed by atoms with E-state index in [1.807, 2.05) is 30.0 Å². The van der Waals surface area contributed by atoms with E-state index in [1.165, 1.54) is 12.2 Å². The van der Waals surface area contributed by atoms with Crippen LogP contribution in [0, 0.1) is 11.3 Å². The zero-order chi connectivity index (χ0) is 12.8. The van der Waals surface area contributed by atoms with Crippen molar-refractivity contribution in [3.8, 4) is 17.6 Å². The highest BCUT2D eigenvalue weighted by molar-refractivity contribution is 7.99. The van der Waals surface area contributed by atoms with Gasteiger partial charge in [-0.3, -0.25) is 0 Å². The van der Waals surface area contributed by atoms with Gasteiger partial charge in [0.2, 0.25) is 0 Å². The minimum Gasteiger partial charge on any atom is -0.493 e. The molecule has 1 aliphatic heterocycles. The SMILES string of the molecule is COc1cc(CC#N)ccc1OC1CCCSC1. The molecule has 0 radical (unpaired) electrons. The number of rotatable bonds is 4. The summed E-state index contributed by atoms with van der Waals surface area (Å²) in [7, 11) is 1.63. The molecular formula is C14H17NO2S. The first kappa shape index (κ1) is 13.1. The number of nitrogens with zero attached hydrogens (tertiary/aromatic N) is 1. The minimum atomic E-state index is 0.277. The summed E-state index contributed by atoms with van der Waals surface area (Å²) in [5.74, 6) is 3.78. The molecule has 1 heterocycles. The van der Waals surface area contributed by atoms with E-state index in [0.29, 0.717) is 6.42 Å². The van der Waals surface area contributed by atoms with E-state index in [4.69, 9.17) is 14.7 Å². The number of nitriles is 1. The van der Waals surface area contributed by atoms with Crippen molar-refractivity contribution < 1.29 is 9.47 Å². The lowest BCUT2D eigenvalue weighted by Crippen LogP contribution is -2.23. The Morgan fingerprint density at radius 3 is 3.00 bits per heavy atom. The molecule has 0 aliphatic carbocycles. The number of methoxy groups -OCH3 is 1. The highest BCUT2D eigenvalue weighted by Crippen LogP contribution is 2.31. The average Bonchev–Trinajstić information content (AvgIpc) is 2.42. The van der Waals surface area contributed by atoms with E-state index in [9.17, 15) is 0 Å². The van der Waals surface area contributed by atoms with E-state index in [2.05, 4.69) is 6.07 Å². The maximum Gasteiger partial charge on any atom is 0.161 e. The molecule has 0 aromatic heterocycles. The summed E-state index contributed by atoms with van der Waals surface area (Å²) in [4.78, 5) is 0. The third kappa shape index (κ3) is 3.33. The van der Waals surface area contributed by atoms with Crippen LogP contribution in [0.5, 0.6) is 11.5 Å². The monoisotopic (exact) mass is 263 g/mol. The Balaban J connectivity index is 2.09. The maximum atomic E-state index is 8.69. The number of thioether (sulfide) groups is 1. The third-order valence-electron chi connectivity index (χ3n) is 2.92. The standard InChI is InChI=1S/C14H17NO2S/c1-16-14-9-11(6-7-15)4-5-13(14)17-12-3-2-8-18-10-12/h4-5,9,12H,2-3,6,8,10H2,1H3. The molecule has 2 rings (SSSR count). The summed E-state index contributed by atoms with van der Waals surface area (Å²) in [6.07, 6.45) is 3.00. The Labute approximate surface area is 112 Å². The van der Waals surface area contributed by atoms with Crippen molar-refractivity contribution in [3.05, 3.63) is 23.8 Å². The van der Waals surface area contributed by atoms with E-state index in [1.54, 1.807) is 7.11 Å². The number of hydrogen-bond donors (Lipinski definition) is 0. The van der Waals surface area contributed by atoms with Crippen molar-refractivity contribution in [2.75, 3.05) is 18.6 Å². The van der Waals surface area contributed by atoms with Crippen LogP contribution in [0.2, 0.25) is 0 Å².